The number of benzene rings is 3. The second kappa shape index (κ2) is 7.01. The Morgan fingerprint density at radius 1 is 0.889 bits per heavy atom. The molecule has 1 aromatic heterocycles. The van der Waals surface area contributed by atoms with Crippen molar-refractivity contribution in [3.8, 4) is 34.2 Å². The molecule has 0 bridgehead atoms. The van der Waals surface area contributed by atoms with E-state index >= 15 is 0 Å². The molecule has 0 N–H and O–H groups in total. The van der Waals surface area contributed by atoms with Crippen LogP contribution in [-0.2, 0) is 6.54 Å². The lowest BCUT2D eigenvalue weighted by Gasteiger charge is -2.10. The summed E-state index contributed by atoms with van der Waals surface area (Å²) in [5, 5.41) is 10.8. The van der Waals surface area contributed by atoms with Crippen molar-refractivity contribution in [3.63, 3.8) is 0 Å². The number of nitriles is 1. The Bertz CT molecular complexity index is 1130. The number of aryl methyl sites for hydroxylation is 1. The first kappa shape index (κ1) is 16.9. The average Bonchev–Trinajstić information content (AvgIpc) is 3.07. The molecule has 3 nitrogen and oxygen atoms in total. The van der Waals surface area contributed by atoms with Crippen LogP contribution in [0, 0.1) is 11.3 Å². The molecule has 0 aliphatic heterocycles. The van der Waals surface area contributed by atoms with E-state index < -0.39 is 0 Å². The maximum atomic E-state index is 9.85. The molecule has 0 amide bonds. The third kappa shape index (κ3) is 2.86. The van der Waals surface area contributed by atoms with Crippen LogP contribution in [0.15, 0.2) is 72.8 Å². The molecule has 0 aliphatic rings. The molecule has 0 unspecified atom stereocenters. The van der Waals surface area contributed by atoms with Crippen molar-refractivity contribution in [2.45, 2.75) is 13.5 Å². The number of hydrogen-bond donors (Lipinski definition) is 0. The van der Waals surface area contributed by atoms with Gasteiger partial charge in [0.1, 0.15) is 11.8 Å². The summed E-state index contributed by atoms with van der Waals surface area (Å²) in [6.45, 7) is 2.88. The van der Waals surface area contributed by atoms with Crippen LogP contribution in [0.3, 0.4) is 0 Å². The first-order valence-electron chi connectivity index (χ1n) is 9.03. The van der Waals surface area contributed by atoms with Gasteiger partial charge in [0.25, 0.3) is 0 Å². The van der Waals surface area contributed by atoms with Crippen molar-refractivity contribution in [1.29, 1.82) is 5.26 Å². The van der Waals surface area contributed by atoms with Crippen molar-refractivity contribution in [2.24, 2.45) is 0 Å². The topological polar surface area (TPSA) is 38.0 Å². The minimum Gasteiger partial charge on any atom is -0.497 e. The van der Waals surface area contributed by atoms with E-state index in [9.17, 15) is 5.26 Å². The van der Waals surface area contributed by atoms with Gasteiger partial charge in [0.2, 0.25) is 0 Å². The van der Waals surface area contributed by atoms with Crippen LogP contribution in [0.5, 0.6) is 5.75 Å². The van der Waals surface area contributed by atoms with Crippen LogP contribution in [0.1, 0.15) is 12.5 Å². The fourth-order valence-electron chi connectivity index (χ4n) is 3.65. The highest BCUT2D eigenvalue weighted by molar-refractivity contribution is 5.95. The van der Waals surface area contributed by atoms with E-state index in [1.807, 2.05) is 36.4 Å². The molecular weight excluding hydrogens is 332 g/mol. The minimum atomic E-state index is 0.710. The van der Waals surface area contributed by atoms with Gasteiger partial charge >= 0.3 is 0 Å². The number of hydrogen-bond acceptors (Lipinski definition) is 2. The van der Waals surface area contributed by atoms with E-state index in [0.29, 0.717) is 5.56 Å². The molecule has 0 fully saturated rings. The Balaban J connectivity index is 1.89. The largest absolute Gasteiger partial charge is 0.497 e. The van der Waals surface area contributed by atoms with Crippen LogP contribution in [0.25, 0.3) is 33.3 Å². The summed E-state index contributed by atoms with van der Waals surface area (Å²) >= 11 is 0. The van der Waals surface area contributed by atoms with E-state index in [0.717, 1.165) is 34.5 Å². The molecule has 0 aliphatic carbocycles. The summed E-state index contributed by atoms with van der Waals surface area (Å²) in [4.78, 5) is 0. The van der Waals surface area contributed by atoms with E-state index in [2.05, 4.69) is 54.0 Å². The van der Waals surface area contributed by atoms with Crippen molar-refractivity contribution in [1.82, 2.24) is 4.57 Å². The van der Waals surface area contributed by atoms with Gasteiger partial charge in [0.05, 0.1) is 23.9 Å². The smallest absolute Gasteiger partial charge is 0.120 e. The van der Waals surface area contributed by atoms with Crippen molar-refractivity contribution in [2.75, 3.05) is 7.11 Å². The fourth-order valence-corrected chi connectivity index (χ4v) is 3.65. The molecule has 3 aromatic carbocycles. The number of methoxy groups -OCH3 is 1. The van der Waals surface area contributed by atoms with Crippen LogP contribution in [0.4, 0.5) is 0 Å². The molecule has 3 heteroatoms. The molecule has 0 saturated heterocycles. The minimum absolute atomic E-state index is 0.710. The van der Waals surface area contributed by atoms with E-state index in [-0.39, 0.29) is 0 Å². The van der Waals surface area contributed by atoms with E-state index in [1.54, 1.807) is 7.11 Å². The number of nitrogens with zero attached hydrogens (tertiary/aromatic N) is 2. The van der Waals surface area contributed by atoms with Gasteiger partial charge in [-0.2, -0.15) is 5.26 Å². The molecule has 0 radical (unpaired) electrons. The molecule has 4 aromatic rings. The van der Waals surface area contributed by atoms with Crippen molar-refractivity contribution < 1.29 is 4.74 Å². The number of aromatic nitrogens is 1. The normalized spacial score (nSPS) is 10.7. The highest BCUT2D eigenvalue weighted by Crippen LogP contribution is 2.36. The maximum Gasteiger partial charge on any atom is 0.120 e. The molecular formula is C24H20N2O. The monoisotopic (exact) mass is 352 g/mol. The molecule has 0 saturated carbocycles. The Labute approximate surface area is 159 Å². The number of fused-ring (bicyclic) bond motifs is 1. The van der Waals surface area contributed by atoms with Crippen molar-refractivity contribution in [3.05, 3.63) is 78.4 Å². The van der Waals surface area contributed by atoms with E-state index in [4.69, 9.17) is 4.74 Å². The van der Waals surface area contributed by atoms with Crippen molar-refractivity contribution >= 4 is 10.9 Å². The Morgan fingerprint density at radius 3 is 2.19 bits per heavy atom. The second-order valence-corrected chi connectivity index (χ2v) is 6.41. The fraction of sp³-hybridized carbons (Fsp3) is 0.125. The molecule has 0 atom stereocenters. The molecule has 132 valence electrons. The lowest BCUT2D eigenvalue weighted by Crippen LogP contribution is -1.98. The predicted octanol–water partition coefficient (Wildman–Crippen LogP) is 5.88. The Hall–Kier alpha value is -3.51. The van der Waals surface area contributed by atoms with Crippen LogP contribution < -0.4 is 4.74 Å². The predicted molar refractivity (Wildman–Crippen MR) is 110 cm³/mol. The summed E-state index contributed by atoms with van der Waals surface area (Å²) < 4.78 is 7.57. The van der Waals surface area contributed by atoms with E-state index in [1.165, 1.54) is 11.1 Å². The first-order valence-corrected chi connectivity index (χ1v) is 9.03. The van der Waals surface area contributed by atoms with Gasteiger partial charge < -0.3 is 9.30 Å². The lowest BCUT2D eigenvalue weighted by molar-refractivity contribution is 0.415. The second-order valence-electron chi connectivity index (χ2n) is 6.41. The zero-order chi connectivity index (χ0) is 18.8. The zero-order valence-electron chi connectivity index (χ0n) is 15.4. The van der Waals surface area contributed by atoms with Gasteiger partial charge in [-0.15, -0.1) is 0 Å². The summed E-state index contributed by atoms with van der Waals surface area (Å²) in [6.07, 6.45) is 0. The quantitative estimate of drug-likeness (QED) is 0.460. The third-order valence-electron chi connectivity index (χ3n) is 4.97. The van der Waals surface area contributed by atoms with Crippen LogP contribution in [0.2, 0.25) is 0 Å². The zero-order valence-corrected chi connectivity index (χ0v) is 15.4. The molecule has 27 heavy (non-hydrogen) atoms. The number of ether oxygens (including phenoxy) is 1. The molecule has 0 spiro atoms. The van der Waals surface area contributed by atoms with Gasteiger partial charge in [0.15, 0.2) is 0 Å². The summed E-state index contributed by atoms with van der Waals surface area (Å²) in [6, 6.07) is 27.0. The summed E-state index contributed by atoms with van der Waals surface area (Å²) in [5.74, 6) is 0.796. The van der Waals surface area contributed by atoms with Crippen LogP contribution in [-0.4, -0.2) is 11.7 Å². The average molecular weight is 352 g/mol. The van der Waals surface area contributed by atoms with Gasteiger partial charge in [-0.1, -0.05) is 54.6 Å². The molecule has 4 rings (SSSR count). The molecule has 1 heterocycles. The van der Waals surface area contributed by atoms with Gasteiger partial charge in [0, 0.05) is 18.0 Å². The SMILES string of the molecule is CCn1c(-c2ccc(-c3ccccc3)cc2)c(C#N)c2ccc(OC)cc21. The summed E-state index contributed by atoms with van der Waals surface area (Å²) in [7, 11) is 1.66. The highest BCUT2D eigenvalue weighted by atomic mass is 16.5. The highest BCUT2D eigenvalue weighted by Gasteiger charge is 2.18. The van der Waals surface area contributed by atoms with Crippen LogP contribution >= 0.6 is 0 Å². The third-order valence-corrected chi connectivity index (χ3v) is 4.97. The van der Waals surface area contributed by atoms with Gasteiger partial charge in [-0.25, -0.2) is 0 Å². The summed E-state index contributed by atoms with van der Waals surface area (Å²) in [5.41, 5.74) is 6.09. The lowest BCUT2D eigenvalue weighted by atomic mass is 10.0. The standard InChI is InChI=1S/C24H20N2O/c1-3-26-23-15-20(27-2)13-14-21(23)22(16-25)24(26)19-11-9-18(10-12-19)17-7-5-4-6-8-17/h4-15H,3H2,1-2H3. The maximum absolute atomic E-state index is 9.85. The Morgan fingerprint density at radius 2 is 1.56 bits per heavy atom. The van der Waals surface area contributed by atoms with Gasteiger partial charge in [-0.3, -0.25) is 0 Å². The Kier molecular flexibility index (Phi) is 4.40. The number of rotatable bonds is 4. The van der Waals surface area contributed by atoms with Gasteiger partial charge in [-0.05, 0) is 35.7 Å². The first-order chi connectivity index (χ1) is 13.3.